The lowest BCUT2D eigenvalue weighted by Crippen LogP contribution is -2.45. The fourth-order valence-electron chi connectivity index (χ4n) is 2.96. The van der Waals surface area contributed by atoms with Crippen LogP contribution in [-0.4, -0.2) is 24.8 Å². The van der Waals surface area contributed by atoms with Crippen LogP contribution in [0.3, 0.4) is 0 Å². The zero-order valence-electron chi connectivity index (χ0n) is 12.0. The van der Waals surface area contributed by atoms with Crippen molar-refractivity contribution in [2.45, 2.75) is 71.4 Å². The molecule has 2 atom stereocenters. The maximum absolute atomic E-state index is 5.83. The van der Waals surface area contributed by atoms with E-state index in [0.717, 1.165) is 19.1 Å². The number of hydrogen-bond acceptors (Lipinski definition) is 2. The number of nitrogens with one attached hydrogen (secondary N) is 1. The van der Waals surface area contributed by atoms with Crippen molar-refractivity contribution in [2.75, 3.05) is 13.2 Å². The molecule has 1 N–H and O–H groups in total. The highest BCUT2D eigenvalue weighted by Crippen LogP contribution is 2.49. The van der Waals surface area contributed by atoms with Crippen molar-refractivity contribution >= 4 is 0 Å². The summed E-state index contributed by atoms with van der Waals surface area (Å²) in [5.74, 6) is 0.932. The highest BCUT2D eigenvalue weighted by Gasteiger charge is 2.43. The largest absolute Gasteiger partial charge is 0.378 e. The summed E-state index contributed by atoms with van der Waals surface area (Å²) in [5, 5.41) is 3.70. The van der Waals surface area contributed by atoms with E-state index in [-0.39, 0.29) is 5.54 Å². The predicted molar refractivity (Wildman–Crippen MR) is 72.2 cm³/mol. The lowest BCUT2D eigenvalue weighted by molar-refractivity contribution is 0.0553. The summed E-state index contributed by atoms with van der Waals surface area (Å²) >= 11 is 0. The molecule has 17 heavy (non-hydrogen) atoms. The first-order chi connectivity index (χ1) is 7.89. The minimum atomic E-state index is 0.229. The van der Waals surface area contributed by atoms with Gasteiger partial charge in [0.1, 0.15) is 0 Å². The molecule has 100 valence electrons. The average Bonchev–Trinajstić information content (AvgIpc) is 2.97. The minimum absolute atomic E-state index is 0.229. The summed E-state index contributed by atoms with van der Waals surface area (Å²) < 4.78 is 5.83. The van der Waals surface area contributed by atoms with Gasteiger partial charge in [-0.1, -0.05) is 6.92 Å². The van der Waals surface area contributed by atoms with Crippen LogP contribution in [0.25, 0.3) is 0 Å². The van der Waals surface area contributed by atoms with Gasteiger partial charge in [0.2, 0.25) is 0 Å². The molecule has 0 aromatic carbocycles. The van der Waals surface area contributed by atoms with Gasteiger partial charge in [-0.3, -0.25) is 0 Å². The molecule has 0 radical (unpaired) electrons. The van der Waals surface area contributed by atoms with Crippen LogP contribution in [0.15, 0.2) is 0 Å². The third-order valence-corrected chi connectivity index (χ3v) is 4.30. The van der Waals surface area contributed by atoms with Crippen LogP contribution in [0.2, 0.25) is 0 Å². The van der Waals surface area contributed by atoms with Gasteiger partial charge < -0.3 is 10.1 Å². The van der Waals surface area contributed by atoms with E-state index in [9.17, 15) is 0 Å². The maximum atomic E-state index is 5.83. The van der Waals surface area contributed by atoms with E-state index in [2.05, 4.69) is 33.0 Å². The van der Waals surface area contributed by atoms with Crippen molar-refractivity contribution in [1.82, 2.24) is 5.32 Å². The molecule has 0 aromatic rings. The molecule has 1 heterocycles. The van der Waals surface area contributed by atoms with Crippen molar-refractivity contribution < 1.29 is 4.74 Å². The Balaban J connectivity index is 1.89. The minimum Gasteiger partial charge on any atom is -0.378 e. The molecule has 2 nitrogen and oxygen atoms in total. The van der Waals surface area contributed by atoms with Gasteiger partial charge in [0, 0.05) is 18.7 Å². The smallest absolute Gasteiger partial charge is 0.0581 e. The van der Waals surface area contributed by atoms with Crippen LogP contribution in [0.1, 0.15) is 59.8 Å². The Morgan fingerprint density at radius 1 is 1.12 bits per heavy atom. The van der Waals surface area contributed by atoms with Gasteiger partial charge >= 0.3 is 0 Å². The summed E-state index contributed by atoms with van der Waals surface area (Å²) in [6, 6.07) is 0. The van der Waals surface area contributed by atoms with Crippen LogP contribution in [0, 0.1) is 11.3 Å². The Bertz CT molecular complexity index is 248. The standard InChI is InChI=1S/C15H29NO/c1-14(2,3)16-11-15(4,12-7-8-12)10-13-6-5-9-17-13/h12-13,16H,5-11H2,1-4H3. The molecule has 2 rings (SSSR count). The zero-order valence-corrected chi connectivity index (χ0v) is 12.0. The van der Waals surface area contributed by atoms with Gasteiger partial charge in [-0.2, -0.15) is 0 Å². The van der Waals surface area contributed by atoms with E-state index >= 15 is 0 Å². The fraction of sp³-hybridized carbons (Fsp3) is 1.00. The van der Waals surface area contributed by atoms with Crippen molar-refractivity contribution in [3.63, 3.8) is 0 Å². The molecular formula is C15H29NO. The lowest BCUT2D eigenvalue weighted by Gasteiger charge is -2.35. The summed E-state index contributed by atoms with van der Waals surface area (Å²) in [6.45, 7) is 11.4. The van der Waals surface area contributed by atoms with Crippen LogP contribution >= 0.6 is 0 Å². The van der Waals surface area contributed by atoms with E-state index in [0.29, 0.717) is 11.5 Å². The van der Waals surface area contributed by atoms with Gasteiger partial charge in [0.05, 0.1) is 6.10 Å². The highest BCUT2D eigenvalue weighted by molar-refractivity contribution is 4.95. The van der Waals surface area contributed by atoms with Gasteiger partial charge in [0.15, 0.2) is 0 Å². The van der Waals surface area contributed by atoms with Crippen molar-refractivity contribution in [2.24, 2.45) is 11.3 Å². The Kier molecular flexibility index (Phi) is 3.84. The SMILES string of the molecule is CC(C)(C)NCC(C)(CC1CCCO1)C1CC1. The average molecular weight is 239 g/mol. The molecule has 2 heteroatoms. The van der Waals surface area contributed by atoms with E-state index in [1.807, 2.05) is 0 Å². The second-order valence-electron chi connectivity index (χ2n) is 7.37. The Morgan fingerprint density at radius 2 is 1.82 bits per heavy atom. The Hall–Kier alpha value is -0.0800. The number of hydrogen-bond donors (Lipinski definition) is 1. The quantitative estimate of drug-likeness (QED) is 0.794. The van der Waals surface area contributed by atoms with Gasteiger partial charge in [0.25, 0.3) is 0 Å². The number of ether oxygens (including phenoxy) is 1. The van der Waals surface area contributed by atoms with E-state index in [4.69, 9.17) is 4.74 Å². The first-order valence-electron chi connectivity index (χ1n) is 7.26. The summed E-state index contributed by atoms with van der Waals surface area (Å²) in [7, 11) is 0. The van der Waals surface area contributed by atoms with Gasteiger partial charge in [-0.15, -0.1) is 0 Å². The summed E-state index contributed by atoms with van der Waals surface area (Å²) in [5.41, 5.74) is 0.676. The maximum Gasteiger partial charge on any atom is 0.0581 e. The molecule has 0 amide bonds. The van der Waals surface area contributed by atoms with Crippen LogP contribution in [0.4, 0.5) is 0 Å². The zero-order chi connectivity index (χ0) is 12.5. The summed E-state index contributed by atoms with van der Waals surface area (Å²) in [6.07, 6.45) is 7.17. The van der Waals surface area contributed by atoms with E-state index in [1.54, 1.807) is 0 Å². The van der Waals surface area contributed by atoms with E-state index in [1.165, 1.54) is 32.1 Å². The molecular weight excluding hydrogens is 210 g/mol. The topological polar surface area (TPSA) is 21.3 Å². The molecule has 0 aromatic heterocycles. The number of rotatable bonds is 5. The molecule has 1 saturated heterocycles. The fourth-order valence-corrected chi connectivity index (χ4v) is 2.96. The molecule has 1 saturated carbocycles. The molecule has 0 bridgehead atoms. The highest BCUT2D eigenvalue weighted by atomic mass is 16.5. The molecule has 2 unspecified atom stereocenters. The monoisotopic (exact) mass is 239 g/mol. The molecule has 2 fully saturated rings. The normalized spacial score (nSPS) is 29.3. The lowest BCUT2D eigenvalue weighted by atomic mass is 9.78. The predicted octanol–water partition coefficient (Wildman–Crippen LogP) is 3.36. The molecule has 1 aliphatic carbocycles. The molecule has 1 aliphatic heterocycles. The summed E-state index contributed by atoms with van der Waals surface area (Å²) in [4.78, 5) is 0. The van der Waals surface area contributed by atoms with Gasteiger partial charge in [-0.05, 0) is 64.2 Å². The van der Waals surface area contributed by atoms with Crippen LogP contribution in [0.5, 0.6) is 0 Å². The van der Waals surface area contributed by atoms with Gasteiger partial charge in [-0.25, -0.2) is 0 Å². The third-order valence-electron chi connectivity index (χ3n) is 4.30. The van der Waals surface area contributed by atoms with Crippen molar-refractivity contribution in [3.8, 4) is 0 Å². The van der Waals surface area contributed by atoms with E-state index < -0.39 is 0 Å². The van der Waals surface area contributed by atoms with Crippen molar-refractivity contribution in [3.05, 3.63) is 0 Å². The Labute approximate surface area is 107 Å². The Morgan fingerprint density at radius 3 is 2.29 bits per heavy atom. The third kappa shape index (κ3) is 3.96. The first-order valence-corrected chi connectivity index (χ1v) is 7.26. The molecule has 2 aliphatic rings. The second kappa shape index (κ2) is 4.89. The second-order valence-corrected chi connectivity index (χ2v) is 7.37. The first kappa shape index (κ1) is 13.4. The molecule has 0 spiro atoms. The van der Waals surface area contributed by atoms with Crippen LogP contribution in [-0.2, 0) is 4.74 Å². The van der Waals surface area contributed by atoms with Crippen molar-refractivity contribution in [1.29, 1.82) is 0 Å². The van der Waals surface area contributed by atoms with Crippen LogP contribution < -0.4 is 5.32 Å².